The molecule has 182 valence electrons. The number of furan rings is 1. The largest absolute Gasteiger partial charge is 0.472 e. The molecule has 2 aliphatic rings. The van der Waals surface area contributed by atoms with E-state index in [-0.39, 0.29) is 17.9 Å². The molecule has 2 saturated heterocycles. The third kappa shape index (κ3) is 5.00. The lowest BCUT2D eigenvalue weighted by Crippen LogP contribution is -2.35. The second-order valence-corrected chi connectivity index (χ2v) is 9.82. The van der Waals surface area contributed by atoms with Crippen LogP contribution < -0.4 is 5.32 Å². The Balaban J connectivity index is 1.18. The first-order valence-corrected chi connectivity index (χ1v) is 12.3. The van der Waals surface area contributed by atoms with Crippen LogP contribution in [0.2, 0.25) is 0 Å². The minimum Gasteiger partial charge on any atom is -0.472 e. The first-order valence-electron chi connectivity index (χ1n) is 12.3. The lowest BCUT2D eigenvalue weighted by molar-refractivity contribution is 0.0772. The van der Waals surface area contributed by atoms with Crippen LogP contribution in [0.25, 0.3) is 0 Å². The van der Waals surface area contributed by atoms with E-state index in [1.807, 2.05) is 43.0 Å². The van der Waals surface area contributed by atoms with E-state index in [1.54, 1.807) is 12.3 Å². The van der Waals surface area contributed by atoms with Gasteiger partial charge in [0.2, 0.25) is 0 Å². The number of likely N-dealkylation sites (tertiary alicyclic amines) is 2. The summed E-state index contributed by atoms with van der Waals surface area (Å²) in [4.78, 5) is 34.7. The van der Waals surface area contributed by atoms with Gasteiger partial charge >= 0.3 is 0 Å². The van der Waals surface area contributed by atoms with Gasteiger partial charge in [0.05, 0.1) is 29.1 Å². The number of amides is 2. The van der Waals surface area contributed by atoms with Crippen molar-refractivity contribution in [3.8, 4) is 0 Å². The molecule has 35 heavy (non-hydrogen) atoms. The number of rotatable bonds is 7. The highest BCUT2D eigenvalue weighted by Gasteiger charge is 2.42. The van der Waals surface area contributed by atoms with E-state index in [4.69, 9.17) is 4.42 Å². The molecular formula is C28H32N4O3. The number of aryl methyl sites for hydroxylation is 2. The van der Waals surface area contributed by atoms with Gasteiger partial charge in [0, 0.05) is 38.9 Å². The van der Waals surface area contributed by atoms with Crippen LogP contribution >= 0.6 is 0 Å². The van der Waals surface area contributed by atoms with Gasteiger partial charge < -0.3 is 19.5 Å². The molecule has 7 nitrogen and oxygen atoms in total. The third-order valence-electron chi connectivity index (χ3n) is 7.44. The zero-order valence-corrected chi connectivity index (χ0v) is 20.3. The monoisotopic (exact) mass is 472 g/mol. The Bertz CT molecular complexity index is 1140. The van der Waals surface area contributed by atoms with Crippen LogP contribution in [0, 0.1) is 25.7 Å². The van der Waals surface area contributed by atoms with Crippen molar-refractivity contribution in [2.75, 3.05) is 32.7 Å². The Morgan fingerprint density at radius 2 is 1.80 bits per heavy atom. The molecule has 2 aromatic heterocycles. The van der Waals surface area contributed by atoms with Gasteiger partial charge in [0.25, 0.3) is 11.8 Å². The van der Waals surface area contributed by atoms with Crippen molar-refractivity contribution in [3.05, 3.63) is 89.1 Å². The van der Waals surface area contributed by atoms with Crippen molar-refractivity contribution < 1.29 is 14.0 Å². The molecule has 4 heterocycles. The molecule has 2 amide bonds. The number of pyridine rings is 1. The smallest absolute Gasteiger partial charge is 0.255 e. The van der Waals surface area contributed by atoms with E-state index in [9.17, 15) is 9.59 Å². The summed E-state index contributed by atoms with van der Waals surface area (Å²) in [5, 5.41) is 3.18. The maximum atomic E-state index is 13.2. The molecule has 0 spiro atoms. The first kappa shape index (κ1) is 23.3. The summed E-state index contributed by atoms with van der Waals surface area (Å²) in [6.07, 6.45) is 5.57. The second kappa shape index (κ2) is 10.0. The zero-order chi connectivity index (χ0) is 24.4. The number of carbonyl (C=O) groups excluding carboxylic acids is 2. The Labute approximate surface area is 206 Å². The lowest BCUT2D eigenvalue weighted by Gasteiger charge is -2.25. The second-order valence-electron chi connectivity index (χ2n) is 9.82. The summed E-state index contributed by atoms with van der Waals surface area (Å²) in [5.74, 6) is 0.972. The van der Waals surface area contributed by atoms with Gasteiger partial charge in [0.15, 0.2) is 0 Å². The highest BCUT2D eigenvalue weighted by Crippen LogP contribution is 2.33. The normalized spacial score (nSPS) is 20.6. The van der Waals surface area contributed by atoms with Gasteiger partial charge in [0.1, 0.15) is 6.26 Å². The average Bonchev–Trinajstić information content (AvgIpc) is 3.59. The molecule has 0 radical (unpaired) electrons. The number of hydrogen-bond donors (Lipinski definition) is 1. The molecule has 7 heteroatoms. The molecule has 3 aromatic rings. The molecule has 1 N–H and O–H groups in total. The maximum absolute atomic E-state index is 13.2. The third-order valence-corrected chi connectivity index (χ3v) is 7.44. The number of benzene rings is 1. The fourth-order valence-electron chi connectivity index (χ4n) is 5.57. The van der Waals surface area contributed by atoms with E-state index in [0.717, 1.165) is 61.5 Å². The molecular weight excluding hydrogens is 440 g/mol. The molecule has 2 unspecified atom stereocenters. The molecule has 0 bridgehead atoms. The number of hydrogen-bond acceptors (Lipinski definition) is 5. The lowest BCUT2D eigenvalue weighted by atomic mass is 10.0. The number of nitrogens with zero attached hydrogens (tertiary/aromatic N) is 3. The fourth-order valence-corrected chi connectivity index (χ4v) is 5.57. The van der Waals surface area contributed by atoms with Crippen LogP contribution in [-0.4, -0.2) is 59.3 Å². The molecule has 2 fully saturated rings. The zero-order valence-electron chi connectivity index (χ0n) is 20.3. The summed E-state index contributed by atoms with van der Waals surface area (Å²) >= 11 is 0. The van der Waals surface area contributed by atoms with E-state index < -0.39 is 0 Å². The molecule has 0 saturated carbocycles. The fraction of sp³-hybridized carbons (Fsp3) is 0.393. The van der Waals surface area contributed by atoms with Gasteiger partial charge in [-0.05, 0) is 55.4 Å². The van der Waals surface area contributed by atoms with Crippen LogP contribution in [-0.2, 0) is 0 Å². The van der Waals surface area contributed by atoms with Crippen LogP contribution in [0.4, 0.5) is 0 Å². The van der Waals surface area contributed by atoms with Gasteiger partial charge in [-0.1, -0.05) is 30.3 Å². The van der Waals surface area contributed by atoms with Gasteiger partial charge in [-0.3, -0.25) is 14.6 Å². The molecule has 2 aliphatic heterocycles. The minimum atomic E-state index is -0.124. The van der Waals surface area contributed by atoms with Crippen molar-refractivity contribution in [2.24, 2.45) is 11.8 Å². The van der Waals surface area contributed by atoms with Crippen molar-refractivity contribution >= 4 is 11.8 Å². The van der Waals surface area contributed by atoms with Crippen LogP contribution in [0.15, 0.2) is 65.6 Å². The maximum Gasteiger partial charge on any atom is 0.255 e. The molecule has 5 rings (SSSR count). The van der Waals surface area contributed by atoms with Crippen molar-refractivity contribution in [1.82, 2.24) is 20.1 Å². The molecule has 0 aliphatic carbocycles. The van der Waals surface area contributed by atoms with Gasteiger partial charge in [-0.25, -0.2) is 0 Å². The Morgan fingerprint density at radius 3 is 2.46 bits per heavy atom. The van der Waals surface area contributed by atoms with Crippen LogP contribution in [0.1, 0.15) is 50.0 Å². The Morgan fingerprint density at radius 1 is 1.06 bits per heavy atom. The number of aromatic nitrogens is 1. The van der Waals surface area contributed by atoms with Crippen molar-refractivity contribution in [3.63, 3.8) is 0 Å². The highest BCUT2D eigenvalue weighted by atomic mass is 16.3. The summed E-state index contributed by atoms with van der Waals surface area (Å²) in [6.45, 7) is 8.35. The molecule has 1 aromatic carbocycles. The van der Waals surface area contributed by atoms with Crippen molar-refractivity contribution in [1.29, 1.82) is 0 Å². The van der Waals surface area contributed by atoms with Crippen LogP contribution in [0.5, 0.6) is 0 Å². The SMILES string of the molecule is Cc1ccnc(C)c1C(=O)N1CC2CN(CC[C@H](NC(=O)c3ccoc3)c3ccccc3)CC2C1. The summed E-state index contributed by atoms with van der Waals surface area (Å²) in [5.41, 5.74) is 4.18. The van der Waals surface area contributed by atoms with Gasteiger partial charge in [-0.2, -0.15) is 0 Å². The summed E-state index contributed by atoms with van der Waals surface area (Å²) in [7, 11) is 0. The predicted molar refractivity (Wildman–Crippen MR) is 133 cm³/mol. The quantitative estimate of drug-likeness (QED) is 0.565. The average molecular weight is 473 g/mol. The van der Waals surface area contributed by atoms with E-state index in [2.05, 4.69) is 27.3 Å². The van der Waals surface area contributed by atoms with Crippen LogP contribution in [0.3, 0.4) is 0 Å². The topological polar surface area (TPSA) is 78.7 Å². The van der Waals surface area contributed by atoms with E-state index in [1.165, 1.54) is 12.5 Å². The van der Waals surface area contributed by atoms with E-state index >= 15 is 0 Å². The summed E-state index contributed by atoms with van der Waals surface area (Å²) < 4.78 is 5.07. The molecule has 3 atom stereocenters. The van der Waals surface area contributed by atoms with Crippen molar-refractivity contribution in [2.45, 2.75) is 26.3 Å². The standard InChI is InChI=1S/C28H32N4O3/c1-19-8-11-29-20(2)26(19)28(34)32-16-23-14-31(15-24(23)17-32)12-9-25(21-6-4-3-5-7-21)30-27(33)22-10-13-35-18-22/h3-8,10-11,13,18,23-25H,9,12,14-17H2,1-2H3,(H,30,33)/t23?,24?,25-/m0/s1. The Kier molecular flexibility index (Phi) is 6.68. The number of fused-ring (bicyclic) bond motifs is 1. The highest BCUT2D eigenvalue weighted by molar-refractivity contribution is 5.96. The van der Waals surface area contributed by atoms with E-state index in [0.29, 0.717) is 17.4 Å². The minimum absolute atomic E-state index is 0.0753. The summed E-state index contributed by atoms with van der Waals surface area (Å²) in [6, 6.07) is 13.6. The predicted octanol–water partition coefficient (Wildman–Crippen LogP) is 3.86. The first-order chi connectivity index (χ1) is 17.0. The number of carbonyl (C=O) groups is 2. The number of nitrogens with one attached hydrogen (secondary N) is 1. The Hall–Kier alpha value is -3.45. The van der Waals surface area contributed by atoms with Gasteiger partial charge in [-0.15, -0.1) is 0 Å².